The molecule has 0 spiro atoms. The van der Waals surface area contributed by atoms with Gasteiger partial charge in [0.15, 0.2) is 0 Å². The minimum Gasteiger partial charge on any atom is -0.288 e. The van der Waals surface area contributed by atoms with Gasteiger partial charge in [-0.05, 0) is 48.0 Å². The third-order valence-electron chi connectivity index (χ3n) is 2.77. The molecule has 0 aliphatic carbocycles. The van der Waals surface area contributed by atoms with E-state index in [-0.39, 0.29) is 5.78 Å². The normalized spacial score (nSPS) is 11.4. The third kappa shape index (κ3) is 2.84. The Bertz CT molecular complexity index is 639. The van der Waals surface area contributed by atoms with Crippen LogP contribution in [-0.2, 0) is 13.6 Å². The summed E-state index contributed by atoms with van der Waals surface area (Å²) in [6.07, 6.45) is 4.95. The smallest absolute Gasteiger partial charge is 0.205 e. The van der Waals surface area contributed by atoms with Gasteiger partial charge in [-0.3, -0.25) is 14.2 Å². The Morgan fingerprint density at radius 2 is 2.26 bits per heavy atom. The fourth-order valence-corrected chi connectivity index (χ4v) is 2.37. The van der Waals surface area contributed by atoms with Crippen LogP contribution in [0.25, 0.3) is 6.08 Å². The highest BCUT2D eigenvalue weighted by molar-refractivity contribution is 9.10. The van der Waals surface area contributed by atoms with Crippen molar-refractivity contribution < 1.29 is 4.79 Å². The highest BCUT2D eigenvalue weighted by atomic mass is 79.9. The van der Waals surface area contributed by atoms with Crippen LogP contribution in [0.5, 0.6) is 0 Å². The van der Waals surface area contributed by atoms with E-state index in [1.54, 1.807) is 27.7 Å². The zero-order valence-corrected chi connectivity index (χ0v) is 12.7. The molecule has 0 amide bonds. The van der Waals surface area contributed by atoms with Gasteiger partial charge in [-0.2, -0.15) is 10.2 Å². The SMILES string of the molecule is CCn1ncc(Br)c1C(=O)/C=C/c1cc(C)nn1C. The van der Waals surface area contributed by atoms with Crippen LogP contribution in [0.3, 0.4) is 0 Å². The number of hydrogen-bond acceptors (Lipinski definition) is 3. The summed E-state index contributed by atoms with van der Waals surface area (Å²) in [7, 11) is 1.85. The van der Waals surface area contributed by atoms with Gasteiger partial charge >= 0.3 is 0 Å². The van der Waals surface area contributed by atoms with Crippen molar-refractivity contribution in [1.29, 1.82) is 0 Å². The van der Waals surface area contributed by atoms with Gasteiger partial charge in [0.2, 0.25) is 5.78 Å². The van der Waals surface area contributed by atoms with Gasteiger partial charge in [0.05, 0.1) is 22.1 Å². The van der Waals surface area contributed by atoms with Crippen molar-refractivity contribution in [3.8, 4) is 0 Å². The molecule has 0 bridgehead atoms. The zero-order chi connectivity index (χ0) is 14.0. The van der Waals surface area contributed by atoms with Gasteiger partial charge in [0.25, 0.3) is 0 Å². The lowest BCUT2D eigenvalue weighted by molar-refractivity contribution is 0.103. The molecule has 0 radical (unpaired) electrons. The van der Waals surface area contributed by atoms with Crippen LogP contribution in [-0.4, -0.2) is 25.3 Å². The van der Waals surface area contributed by atoms with E-state index < -0.39 is 0 Å². The van der Waals surface area contributed by atoms with Crippen LogP contribution < -0.4 is 0 Å². The molecule has 2 aromatic heterocycles. The van der Waals surface area contributed by atoms with Gasteiger partial charge in [0, 0.05) is 13.6 Å². The maximum atomic E-state index is 12.2. The molecule has 2 heterocycles. The van der Waals surface area contributed by atoms with E-state index in [2.05, 4.69) is 26.1 Å². The molecule has 5 nitrogen and oxygen atoms in total. The molecular weight excluding hydrogens is 308 g/mol. The molecule has 0 unspecified atom stereocenters. The minimum atomic E-state index is -0.0786. The zero-order valence-electron chi connectivity index (χ0n) is 11.1. The number of halogens is 1. The summed E-state index contributed by atoms with van der Waals surface area (Å²) in [4.78, 5) is 12.2. The molecule has 0 aliphatic rings. The highest BCUT2D eigenvalue weighted by Gasteiger charge is 2.13. The minimum absolute atomic E-state index is 0.0786. The standard InChI is InChI=1S/C13H15BrN4O/c1-4-18-13(11(14)8-15-18)12(19)6-5-10-7-9(2)16-17(10)3/h5-8H,4H2,1-3H3/b6-5+. The van der Waals surface area contributed by atoms with E-state index in [0.717, 1.165) is 11.4 Å². The number of ketones is 1. The monoisotopic (exact) mass is 322 g/mol. The average molecular weight is 323 g/mol. The van der Waals surface area contributed by atoms with Gasteiger partial charge in [-0.15, -0.1) is 0 Å². The predicted octanol–water partition coefficient (Wildman–Crippen LogP) is 2.60. The quantitative estimate of drug-likeness (QED) is 0.642. The summed E-state index contributed by atoms with van der Waals surface area (Å²) in [6, 6.07) is 1.93. The fraction of sp³-hybridized carbons (Fsp3) is 0.308. The van der Waals surface area contributed by atoms with Gasteiger partial charge in [0.1, 0.15) is 5.69 Å². The molecule has 2 aromatic rings. The maximum absolute atomic E-state index is 12.2. The molecule has 19 heavy (non-hydrogen) atoms. The Hall–Kier alpha value is -1.69. The number of aromatic nitrogens is 4. The third-order valence-corrected chi connectivity index (χ3v) is 3.35. The van der Waals surface area contributed by atoms with E-state index in [0.29, 0.717) is 16.7 Å². The Morgan fingerprint density at radius 1 is 1.53 bits per heavy atom. The summed E-state index contributed by atoms with van der Waals surface area (Å²) < 4.78 is 4.13. The molecule has 100 valence electrons. The van der Waals surface area contributed by atoms with Crippen molar-refractivity contribution in [2.75, 3.05) is 0 Å². The second-order valence-corrected chi connectivity index (χ2v) is 5.04. The topological polar surface area (TPSA) is 52.7 Å². The molecule has 0 saturated heterocycles. The Labute approximate surface area is 120 Å². The van der Waals surface area contributed by atoms with E-state index in [1.807, 2.05) is 27.0 Å². The molecule has 2 rings (SSSR count). The number of carbonyl (C=O) groups excluding carboxylic acids is 1. The molecular formula is C13H15BrN4O. The predicted molar refractivity (Wildman–Crippen MR) is 76.9 cm³/mol. The molecule has 0 fully saturated rings. The number of hydrogen-bond donors (Lipinski definition) is 0. The second-order valence-electron chi connectivity index (χ2n) is 4.19. The summed E-state index contributed by atoms with van der Waals surface area (Å²) in [5, 5.41) is 8.36. The molecule has 0 saturated carbocycles. The fourth-order valence-electron chi connectivity index (χ4n) is 1.87. The molecule has 0 aromatic carbocycles. The van der Waals surface area contributed by atoms with Crippen LogP contribution in [0.1, 0.15) is 28.8 Å². The summed E-state index contributed by atoms with van der Waals surface area (Å²) in [6.45, 7) is 4.53. The summed E-state index contributed by atoms with van der Waals surface area (Å²) in [5.41, 5.74) is 2.39. The first-order valence-electron chi connectivity index (χ1n) is 5.97. The Morgan fingerprint density at radius 3 is 2.84 bits per heavy atom. The van der Waals surface area contributed by atoms with Crippen LogP contribution in [0.15, 0.2) is 22.8 Å². The number of rotatable bonds is 4. The lowest BCUT2D eigenvalue weighted by Gasteiger charge is -2.01. The first-order chi connectivity index (χ1) is 9.02. The molecule has 6 heteroatoms. The highest BCUT2D eigenvalue weighted by Crippen LogP contribution is 2.17. The maximum Gasteiger partial charge on any atom is 0.205 e. The van der Waals surface area contributed by atoms with Gasteiger partial charge in [-0.1, -0.05) is 0 Å². The van der Waals surface area contributed by atoms with Gasteiger partial charge in [-0.25, -0.2) is 0 Å². The van der Waals surface area contributed by atoms with Crippen molar-refractivity contribution in [2.45, 2.75) is 20.4 Å². The van der Waals surface area contributed by atoms with E-state index >= 15 is 0 Å². The van der Waals surface area contributed by atoms with Crippen LogP contribution in [0.2, 0.25) is 0 Å². The number of carbonyl (C=O) groups is 1. The molecule has 0 N–H and O–H groups in total. The van der Waals surface area contributed by atoms with Crippen molar-refractivity contribution in [3.63, 3.8) is 0 Å². The first-order valence-corrected chi connectivity index (χ1v) is 6.76. The van der Waals surface area contributed by atoms with Crippen molar-refractivity contribution in [1.82, 2.24) is 19.6 Å². The van der Waals surface area contributed by atoms with Crippen LogP contribution in [0.4, 0.5) is 0 Å². The summed E-state index contributed by atoms with van der Waals surface area (Å²) in [5.74, 6) is -0.0786. The van der Waals surface area contributed by atoms with Crippen LogP contribution in [0, 0.1) is 6.92 Å². The average Bonchev–Trinajstić information content (AvgIpc) is 2.89. The van der Waals surface area contributed by atoms with E-state index in [4.69, 9.17) is 0 Å². The number of allylic oxidation sites excluding steroid dienone is 1. The van der Waals surface area contributed by atoms with E-state index in [1.165, 1.54) is 0 Å². The van der Waals surface area contributed by atoms with Crippen molar-refractivity contribution >= 4 is 27.8 Å². The van der Waals surface area contributed by atoms with Crippen molar-refractivity contribution in [3.05, 3.63) is 39.9 Å². The van der Waals surface area contributed by atoms with Gasteiger partial charge < -0.3 is 0 Å². The molecule has 0 aliphatic heterocycles. The second kappa shape index (κ2) is 5.52. The lowest BCUT2D eigenvalue weighted by atomic mass is 10.2. The molecule has 0 atom stereocenters. The Balaban J connectivity index is 2.26. The van der Waals surface area contributed by atoms with E-state index in [9.17, 15) is 4.79 Å². The first kappa shape index (κ1) is 13.7. The van der Waals surface area contributed by atoms with Crippen LogP contribution >= 0.6 is 15.9 Å². The largest absolute Gasteiger partial charge is 0.288 e. The Kier molecular flexibility index (Phi) is 3.99. The van der Waals surface area contributed by atoms with Crippen molar-refractivity contribution in [2.24, 2.45) is 7.05 Å². The lowest BCUT2D eigenvalue weighted by Crippen LogP contribution is -2.08. The number of nitrogens with zero attached hydrogens (tertiary/aromatic N) is 4. The number of aryl methyl sites for hydroxylation is 3. The summed E-state index contributed by atoms with van der Waals surface area (Å²) >= 11 is 3.35.